The van der Waals surface area contributed by atoms with Gasteiger partial charge in [-0.3, -0.25) is 0 Å². The highest BCUT2D eigenvalue weighted by Crippen LogP contribution is 2.59. The summed E-state index contributed by atoms with van der Waals surface area (Å²) in [6.45, 7) is 0.626. The minimum absolute atomic E-state index is 0.566. The van der Waals surface area contributed by atoms with Gasteiger partial charge in [0.15, 0.2) is 0 Å². The van der Waals surface area contributed by atoms with Crippen LogP contribution in [0.3, 0.4) is 0 Å². The number of hydrogen-bond acceptors (Lipinski definition) is 1. The Kier molecular flexibility index (Phi) is 5.77. The van der Waals surface area contributed by atoms with Gasteiger partial charge in [0.2, 0.25) is 0 Å². The van der Waals surface area contributed by atoms with Crippen molar-refractivity contribution < 1.29 is 13.2 Å². The standard InChI is InChI=1S/C42H28F3N/c43-42(44,45)31-16-22-39-28(25-31)23-24-46(39)32-17-19-36-38(26-32)41(29-10-3-1-4-11-29,30-12-5-2-6-13-30)37-21-20-34-33-14-8-7-9-27(33)15-18-35(34)40(36)37/h1-22,25-26H,23-24H2. The highest BCUT2D eigenvalue weighted by Gasteiger charge is 2.47. The van der Waals surface area contributed by atoms with Gasteiger partial charge in [-0.15, -0.1) is 0 Å². The lowest BCUT2D eigenvalue weighted by atomic mass is 9.67. The molecule has 0 atom stereocenters. The van der Waals surface area contributed by atoms with Crippen LogP contribution in [-0.4, -0.2) is 6.54 Å². The third-order valence-electron chi connectivity index (χ3n) is 10.0. The Morgan fingerprint density at radius 1 is 0.565 bits per heavy atom. The van der Waals surface area contributed by atoms with Crippen molar-refractivity contribution >= 4 is 32.9 Å². The van der Waals surface area contributed by atoms with Gasteiger partial charge >= 0.3 is 6.18 Å². The first-order valence-corrected chi connectivity index (χ1v) is 15.6. The SMILES string of the molecule is FC(F)(F)c1ccc2c(c1)CCN2c1ccc2c(c1)C(c1ccccc1)(c1ccccc1)c1ccc3c(ccc4ccccc43)c1-2. The van der Waals surface area contributed by atoms with E-state index in [1.54, 1.807) is 6.07 Å². The lowest BCUT2D eigenvalue weighted by Crippen LogP contribution is -2.28. The van der Waals surface area contributed by atoms with E-state index in [4.69, 9.17) is 0 Å². The Labute approximate surface area is 265 Å². The predicted octanol–water partition coefficient (Wildman–Crippen LogP) is 11.1. The van der Waals surface area contributed by atoms with E-state index in [1.807, 2.05) is 0 Å². The molecule has 0 spiro atoms. The average molecular weight is 604 g/mol. The van der Waals surface area contributed by atoms with E-state index in [9.17, 15) is 13.2 Å². The first kappa shape index (κ1) is 27.0. The molecule has 0 unspecified atom stereocenters. The van der Waals surface area contributed by atoms with Crippen LogP contribution in [0.4, 0.5) is 24.5 Å². The van der Waals surface area contributed by atoms with Gasteiger partial charge in [-0.2, -0.15) is 13.2 Å². The topological polar surface area (TPSA) is 3.24 Å². The molecule has 2 aliphatic rings. The zero-order valence-electron chi connectivity index (χ0n) is 24.9. The van der Waals surface area contributed by atoms with Gasteiger partial charge in [0.1, 0.15) is 0 Å². The van der Waals surface area contributed by atoms with Crippen molar-refractivity contribution in [3.63, 3.8) is 0 Å². The Hall–Kier alpha value is -5.35. The van der Waals surface area contributed by atoms with Crippen molar-refractivity contribution in [2.45, 2.75) is 18.0 Å². The summed E-state index contributed by atoms with van der Waals surface area (Å²) in [6.07, 6.45) is -3.79. The number of alkyl halides is 3. The molecule has 1 heterocycles. The summed E-state index contributed by atoms with van der Waals surface area (Å²) in [7, 11) is 0. The lowest BCUT2D eigenvalue weighted by Gasteiger charge is -2.34. The summed E-state index contributed by atoms with van der Waals surface area (Å²) >= 11 is 0. The fourth-order valence-corrected chi connectivity index (χ4v) is 8.08. The highest BCUT2D eigenvalue weighted by molar-refractivity contribution is 6.14. The van der Waals surface area contributed by atoms with Gasteiger partial charge in [-0.1, -0.05) is 115 Å². The molecule has 46 heavy (non-hydrogen) atoms. The van der Waals surface area contributed by atoms with Crippen LogP contribution in [0.2, 0.25) is 0 Å². The largest absolute Gasteiger partial charge is 0.416 e. The smallest absolute Gasteiger partial charge is 0.341 e. The van der Waals surface area contributed by atoms with Crippen LogP contribution in [0, 0.1) is 0 Å². The number of nitrogens with zero attached hydrogens (tertiary/aromatic N) is 1. The molecule has 1 aliphatic carbocycles. The quantitative estimate of drug-likeness (QED) is 0.182. The molecule has 7 aromatic rings. The number of halogens is 3. The minimum atomic E-state index is -4.36. The van der Waals surface area contributed by atoms with Crippen molar-refractivity contribution in [1.82, 2.24) is 0 Å². The lowest BCUT2D eigenvalue weighted by molar-refractivity contribution is -0.137. The number of benzene rings is 7. The number of anilines is 2. The van der Waals surface area contributed by atoms with Crippen molar-refractivity contribution in [2.75, 3.05) is 11.4 Å². The predicted molar refractivity (Wildman–Crippen MR) is 181 cm³/mol. The van der Waals surface area contributed by atoms with Crippen LogP contribution in [0.15, 0.2) is 146 Å². The third kappa shape index (κ3) is 3.76. The molecular formula is C42H28F3N. The molecule has 0 aromatic heterocycles. The van der Waals surface area contributed by atoms with Crippen molar-refractivity contribution in [1.29, 1.82) is 0 Å². The van der Waals surface area contributed by atoms with E-state index in [-0.39, 0.29) is 0 Å². The molecule has 7 aromatic carbocycles. The highest BCUT2D eigenvalue weighted by atomic mass is 19.4. The number of rotatable bonds is 3. The van der Waals surface area contributed by atoms with Gasteiger partial charge in [0.25, 0.3) is 0 Å². The van der Waals surface area contributed by atoms with E-state index < -0.39 is 17.2 Å². The monoisotopic (exact) mass is 603 g/mol. The first-order chi connectivity index (χ1) is 22.4. The maximum atomic E-state index is 13.5. The van der Waals surface area contributed by atoms with Crippen LogP contribution in [0.25, 0.3) is 32.7 Å². The molecule has 0 saturated heterocycles. The van der Waals surface area contributed by atoms with E-state index in [0.29, 0.717) is 13.0 Å². The second-order valence-electron chi connectivity index (χ2n) is 12.3. The van der Waals surface area contributed by atoms with Crippen LogP contribution in [0.1, 0.15) is 33.4 Å². The minimum Gasteiger partial charge on any atom is -0.341 e. The Bertz CT molecular complexity index is 2270. The summed E-state index contributed by atoms with van der Waals surface area (Å²) in [4.78, 5) is 2.17. The molecule has 0 amide bonds. The average Bonchev–Trinajstić information content (AvgIpc) is 3.65. The van der Waals surface area contributed by atoms with E-state index >= 15 is 0 Å². The van der Waals surface area contributed by atoms with Gasteiger partial charge in [-0.25, -0.2) is 0 Å². The normalized spacial score (nSPS) is 14.8. The zero-order valence-corrected chi connectivity index (χ0v) is 24.9. The number of hydrogen-bond donors (Lipinski definition) is 0. The van der Waals surface area contributed by atoms with Crippen molar-refractivity contribution in [3.8, 4) is 11.1 Å². The fourth-order valence-electron chi connectivity index (χ4n) is 8.08. The van der Waals surface area contributed by atoms with Crippen LogP contribution < -0.4 is 4.90 Å². The summed E-state index contributed by atoms with van der Waals surface area (Å²) in [5.41, 5.74) is 8.54. The Morgan fingerprint density at radius 3 is 2.00 bits per heavy atom. The summed E-state index contributed by atoms with van der Waals surface area (Å²) < 4.78 is 40.6. The maximum absolute atomic E-state index is 13.5. The third-order valence-corrected chi connectivity index (χ3v) is 10.0. The molecule has 9 rings (SSSR count). The summed E-state index contributed by atoms with van der Waals surface area (Å²) in [6, 6.07) is 49.8. The molecule has 0 fully saturated rings. The zero-order chi connectivity index (χ0) is 31.0. The summed E-state index contributed by atoms with van der Waals surface area (Å²) in [5, 5.41) is 4.87. The van der Waals surface area contributed by atoms with Gasteiger partial charge in [-0.05, 0) is 97.2 Å². The number of fused-ring (bicyclic) bond motifs is 8. The van der Waals surface area contributed by atoms with Gasteiger partial charge in [0, 0.05) is 17.9 Å². The van der Waals surface area contributed by atoms with Crippen molar-refractivity contribution in [2.24, 2.45) is 0 Å². The molecule has 1 nitrogen and oxygen atoms in total. The molecule has 0 radical (unpaired) electrons. The van der Waals surface area contributed by atoms with Crippen molar-refractivity contribution in [3.05, 3.63) is 179 Å². The molecule has 0 N–H and O–H groups in total. The second-order valence-corrected chi connectivity index (χ2v) is 12.3. The van der Waals surface area contributed by atoms with Gasteiger partial charge in [0.05, 0.1) is 11.0 Å². The molecular weight excluding hydrogens is 575 g/mol. The molecule has 1 aliphatic heterocycles. The van der Waals surface area contributed by atoms with Crippen LogP contribution in [0.5, 0.6) is 0 Å². The maximum Gasteiger partial charge on any atom is 0.416 e. The Balaban J connectivity index is 1.34. The first-order valence-electron chi connectivity index (χ1n) is 15.6. The van der Waals surface area contributed by atoms with Crippen LogP contribution >= 0.6 is 0 Å². The molecule has 222 valence electrons. The van der Waals surface area contributed by atoms with Crippen LogP contribution in [-0.2, 0) is 18.0 Å². The molecule has 0 bridgehead atoms. The fraction of sp³-hybridized carbons (Fsp3) is 0.0952. The second kappa shape index (κ2) is 9.82. The molecule has 4 heteroatoms. The summed E-state index contributed by atoms with van der Waals surface area (Å²) in [5.74, 6) is 0. The van der Waals surface area contributed by atoms with E-state index in [0.717, 1.165) is 16.9 Å². The Morgan fingerprint density at radius 2 is 1.26 bits per heavy atom. The van der Waals surface area contributed by atoms with E-state index in [2.05, 4.69) is 132 Å². The molecule has 0 saturated carbocycles. The van der Waals surface area contributed by atoms with Gasteiger partial charge < -0.3 is 4.90 Å². The van der Waals surface area contributed by atoms with E-state index in [1.165, 1.54) is 67.1 Å².